The van der Waals surface area contributed by atoms with Crippen molar-refractivity contribution in [1.82, 2.24) is 10.2 Å². The van der Waals surface area contributed by atoms with Crippen molar-refractivity contribution in [3.8, 4) is 0 Å². The lowest BCUT2D eigenvalue weighted by atomic mass is 10.0. The number of nitrogens with zero attached hydrogens (tertiary/aromatic N) is 1. The lowest BCUT2D eigenvalue weighted by molar-refractivity contribution is -0.175. The highest BCUT2D eigenvalue weighted by atomic mass is 32.2. The van der Waals surface area contributed by atoms with Crippen LogP contribution in [0.5, 0.6) is 0 Å². The van der Waals surface area contributed by atoms with Gasteiger partial charge in [-0.15, -0.1) is 11.8 Å². The lowest BCUT2D eigenvalue weighted by Crippen LogP contribution is -2.58. The second-order valence-corrected chi connectivity index (χ2v) is 6.45. The Balaban J connectivity index is 2.19. The number of hydrogen-bond donors (Lipinski definition) is 2. The largest absolute Gasteiger partial charge is 0.480 e. The van der Waals surface area contributed by atoms with Crippen molar-refractivity contribution in [1.29, 1.82) is 0 Å². The standard InChI is InChI=1S/C12H15F3N2O4S/c13-12(14,15)11(21)16-6-4-5-22-8-3-1-2-7(10(19)20)17(8)9(6)18/h6-8H,1-5H2,(H,16,21)(H,19,20). The molecule has 0 radical (unpaired) electrons. The second-order valence-electron chi connectivity index (χ2n) is 5.17. The van der Waals surface area contributed by atoms with Gasteiger partial charge in [-0.1, -0.05) is 0 Å². The molecule has 3 atom stereocenters. The van der Waals surface area contributed by atoms with Crippen LogP contribution in [-0.4, -0.2) is 57.2 Å². The number of piperidine rings is 1. The number of carbonyl (C=O) groups excluding carboxylic acids is 2. The summed E-state index contributed by atoms with van der Waals surface area (Å²) in [7, 11) is 0. The summed E-state index contributed by atoms with van der Waals surface area (Å²) in [6.45, 7) is 0. The number of alkyl halides is 3. The minimum atomic E-state index is -5.08. The van der Waals surface area contributed by atoms with Gasteiger partial charge in [0.2, 0.25) is 5.91 Å². The molecule has 6 nitrogen and oxygen atoms in total. The number of thioether (sulfide) groups is 1. The minimum absolute atomic E-state index is 0.0463. The Bertz CT molecular complexity index is 485. The molecule has 2 aliphatic heterocycles. The Morgan fingerprint density at radius 3 is 2.55 bits per heavy atom. The van der Waals surface area contributed by atoms with Gasteiger partial charge in [0.05, 0.1) is 5.37 Å². The van der Waals surface area contributed by atoms with Gasteiger partial charge in [-0.3, -0.25) is 9.59 Å². The number of amides is 2. The predicted molar refractivity (Wildman–Crippen MR) is 71.0 cm³/mol. The molecule has 2 rings (SSSR count). The van der Waals surface area contributed by atoms with Crippen LogP contribution in [0.1, 0.15) is 25.7 Å². The normalized spacial score (nSPS) is 29.5. The van der Waals surface area contributed by atoms with Crippen LogP contribution in [0.25, 0.3) is 0 Å². The summed E-state index contributed by atoms with van der Waals surface area (Å²) in [4.78, 5) is 35.9. The van der Waals surface area contributed by atoms with Crippen molar-refractivity contribution in [2.24, 2.45) is 0 Å². The third-order valence-electron chi connectivity index (χ3n) is 3.69. The highest BCUT2D eigenvalue weighted by molar-refractivity contribution is 7.99. The Morgan fingerprint density at radius 1 is 1.27 bits per heavy atom. The lowest BCUT2D eigenvalue weighted by Gasteiger charge is -2.39. The Morgan fingerprint density at radius 2 is 1.95 bits per heavy atom. The third-order valence-corrected chi connectivity index (χ3v) is 5.01. The number of nitrogens with one attached hydrogen (secondary N) is 1. The molecule has 0 saturated carbocycles. The molecule has 22 heavy (non-hydrogen) atoms. The van der Waals surface area contributed by atoms with E-state index in [-0.39, 0.29) is 18.2 Å². The van der Waals surface area contributed by atoms with Crippen LogP contribution in [-0.2, 0) is 14.4 Å². The molecule has 2 heterocycles. The van der Waals surface area contributed by atoms with Crippen molar-refractivity contribution in [3.05, 3.63) is 0 Å². The monoisotopic (exact) mass is 340 g/mol. The van der Waals surface area contributed by atoms with Crippen molar-refractivity contribution >= 4 is 29.5 Å². The van der Waals surface area contributed by atoms with E-state index in [2.05, 4.69) is 0 Å². The molecule has 3 unspecified atom stereocenters. The van der Waals surface area contributed by atoms with E-state index in [0.29, 0.717) is 18.6 Å². The van der Waals surface area contributed by atoms with Gasteiger partial charge in [-0.05, 0) is 31.4 Å². The number of halogens is 3. The average Bonchev–Trinajstić information content (AvgIpc) is 2.58. The van der Waals surface area contributed by atoms with Crippen molar-refractivity contribution in [2.75, 3.05) is 5.75 Å². The molecule has 0 aromatic heterocycles. The second kappa shape index (κ2) is 6.35. The topological polar surface area (TPSA) is 86.7 Å². The number of carboxylic acids is 1. The molecule has 0 aromatic rings. The van der Waals surface area contributed by atoms with E-state index in [4.69, 9.17) is 0 Å². The number of rotatable bonds is 2. The van der Waals surface area contributed by atoms with E-state index in [1.165, 1.54) is 11.8 Å². The van der Waals surface area contributed by atoms with Crippen molar-refractivity contribution < 1.29 is 32.7 Å². The smallest absolute Gasteiger partial charge is 0.471 e. The molecule has 0 spiro atoms. The van der Waals surface area contributed by atoms with Crippen LogP contribution in [0.4, 0.5) is 13.2 Å². The van der Waals surface area contributed by atoms with E-state index in [0.717, 1.165) is 4.90 Å². The van der Waals surface area contributed by atoms with Gasteiger partial charge in [-0.2, -0.15) is 13.2 Å². The van der Waals surface area contributed by atoms with Crippen LogP contribution in [0.15, 0.2) is 0 Å². The van der Waals surface area contributed by atoms with E-state index < -0.39 is 36.0 Å². The van der Waals surface area contributed by atoms with Crippen molar-refractivity contribution in [3.63, 3.8) is 0 Å². The van der Waals surface area contributed by atoms with Gasteiger partial charge in [0.25, 0.3) is 0 Å². The first-order valence-electron chi connectivity index (χ1n) is 6.76. The zero-order chi connectivity index (χ0) is 16.5. The average molecular weight is 340 g/mol. The third kappa shape index (κ3) is 3.47. The number of aliphatic carboxylic acids is 1. The number of fused-ring (bicyclic) bond motifs is 1. The van der Waals surface area contributed by atoms with E-state index in [9.17, 15) is 32.7 Å². The molecule has 2 amide bonds. The Kier molecular flexibility index (Phi) is 4.88. The number of hydrogen-bond acceptors (Lipinski definition) is 4. The fourth-order valence-electron chi connectivity index (χ4n) is 2.67. The van der Waals surface area contributed by atoms with Gasteiger partial charge < -0.3 is 15.3 Å². The Labute approximate surface area is 128 Å². The van der Waals surface area contributed by atoms with Gasteiger partial charge in [-0.25, -0.2) is 4.79 Å². The van der Waals surface area contributed by atoms with Gasteiger partial charge in [0.15, 0.2) is 0 Å². The highest BCUT2D eigenvalue weighted by Gasteiger charge is 2.46. The predicted octanol–water partition coefficient (Wildman–Crippen LogP) is 0.962. The summed E-state index contributed by atoms with van der Waals surface area (Å²) in [6, 6.07) is -2.39. The van der Waals surface area contributed by atoms with Crippen LogP contribution in [0.2, 0.25) is 0 Å². The maximum absolute atomic E-state index is 12.4. The molecular formula is C12H15F3N2O4S. The number of carbonyl (C=O) groups is 3. The molecule has 124 valence electrons. The van der Waals surface area contributed by atoms with Gasteiger partial charge >= 0.3 is 18.1 Å². The summed E-state index contributed by atoms with van der Waals surface area (Å²) < 4.78 is 37.0. The summed E-state index contributed by atoms with van der Waals surface area (Å²) in [6.07, 6.45) is -3.53. The van der Waals surface area contributed by atoms with Crippen LogP contribution in [0.3, 0.4) is 0 Å². The summed E-state index contributed by atoms with van der Waals surface area (Å²) >= 11 is 1.34. The maximum atomic E-state index is 12.4. The fourth-order valence-corrected chi connectivity index (χ4v) is 4.05. The zero-order valence-corrected chi connectivity index (χ0v) is 12.2. The first kappa shape index (κ1) is 16.9. The first-order chi connectivity index (χ1) is 10.2. The van der Waals surface area contributed by atoms with E-state index in [1.54, 1.807) is 5.32 Å². The van der Waals surface area contributed by atoms with Gasteiger partial charge in [0, 0.05) is 0 Å². The Hall–Kier alpha value is -1.45. The highest BCUT2D eigenvalue weighted by Crippen LogP contribution is 2.34. The quantitative estimate of drug-likeness (QED) is 0.782. The van der Waals surface area contributed by atoms with E-state index >= 15 is 0 Å². The first-order valence-corrected chi connectivity index (χ1v) is 7.81. The molecule has 10 heteroatoms. The van der Waals surface area contributed by atoms with Crippen LogP contribution < -0.4 is 5.32 Å². The number of carboxylic acid groups (broad SMARTS) is 1. The fraction of sp³-hybridized carbons (Fsp3) is 0.750. The van der Waals surface area contributed by atoms with Crippen LogP contribution >= 0.6 is 11.8 Å². The molecule has 0 bridgehead atoms. The molecule has 2 N–H and O–H groups in total. The maximum Gasteiger partial charge on any atom is 0.471 e. The molecule has 0 aromatic carbocycles. The van der Waals surface area contributed by atoms with Crippen molar-refractivity contribution in [2.45, 2.75) is 49.3 Å². The molecule has 2 aliphatic rings. The summed E-state index contributed by atoms with van der Waals surface area (Å²) in [5.74, 6) is -3.73. The van der Waals surface area contributed by atoms with E-state index in [1.807, 2.05) is 0 Å². The SMILES string of the molecule is O=C(O)C1CCCC2SCCC(NC(=O)C(F)(F)F)C(=O)N21. The van der Waals surface area contributed by atoms with Gasteiger partial charge in [0.1, 0.15) is 12.1 Å². The molecule has 0 aliphatic carbocycles. The molecule has 2 fully saturated rings. The minimum Gasteiger partial charge on any atom is -0.480 e. The summed E-state index contributed by atoms with van der Waals surface area (Å²) in [5, 5.41) is 10.5. The van der Waals surface area contributed by atoms with Crippen LogP contribution in [0, 0.1) is 0 Å². The zero-order valence-electron chi connectivity index (χ0n) is 11.4. The summed E-state index contributed by atoms with van der Waals surface area (Å²) in [5.41, 5.74) is 0. The molecular weight excluding hydrogens is 325 g/mol. The molecule has 2 saturated heterocycles.